The summed E-state index contributed by atoms with van der Waals surface area (Å²) >= 11 is 9.13. The van der Waals surface area contributed by atoms with Gasteiger partial charge in [0.2, 0.25) is 0 Å². The van der Waals surface area contributed by atoms with E-state index < -0.39 is 0 Å². The van der Waals surface area contributed by atoms with Crippen LogP contribution < -0.4 is 5.56 Å². The van der Waals surface area contributed by atoms with Gasteiger partial charge >= 0.3 is 0 Å². The Morgan fingerprint density at radius 1 is 1.37 bits per heavy atom. The van der Waals surface area contributed by atoms with Gasteiger partial charge in [0.25, 0.3) is 5.56 Å². The fraction of sp³-hybridized carbons (Fsp3) is 0.0769. The van der Waals surface area contributed by atoms with Crippen molar-refractivity contribution in [2.45, 2.75) is 10.6 Å². The number of thioether (sulfide) groups is 1. The lowest BCUT2D eigenvalue weighted by molar-refractivity contribution is 1.04. The highest BCUT2D eigenvalue weighted by Gasteiger charge is 2.05. The molecule has 0 aliphatic heterocycles. The third-order valence-corrected chi connectivity index (χ3v) is 4.87. The fourth-order valence-corrected chi connectivity index (χ4v) is 3.55. The summed E-state index contributed by atoms with van der Waals surface area (Å²) in [7, 11) is 0. The molecule has 0 spiro atoms. The van der Waals surface area contributed by atoms with Gasteiger partial charge in [-0.25, -0.2) is 4.98 Å². The first-order valence-electron chi connectivity index (χ1n) is 5.57. The van der Waals surface area contributed by atoms with E-state index in [4.69, 9.17) is 11.6 Å². The number of benzene rings is 1. The van der Waals surface area contributed by atoms with Crippen LogP contribution in [0.4, 0.5) is 0 Å². The van der Waals surface area contributed by atoms with Crippen LogP contribution in [0, 0.1) is 0 Å². The van der Waals surface area contributed by atoms with Crippen molar-refractivity contribution < 1.29 is 0 Å². The van der Waals surface area contributed by atoms with Gasteiger partial charge in [-0.05, 0) is 12.1 Å². The Bertz CT molecular complexity index is 781. The third kappa shape index (κ3) is 2.68. The standard InChI is InChI=1S/C13H9ClN2OS2/c14-10-3-1-2-4-11(10)19-8-9-7-12(17)16-5-6-18-13(16)15-9/h1-7H,8H2. The maximum atomic E-state index is 11.8. The summed E-state index contributed by atoms with van der Waals surface area (Å²) in [6.45, 7) is 0. The largest absolute Gasteiger partial charge is 0.269 e. The number of aromatic nitrogens is 2. The van der Waals surface area contributed by atoms with E-state index in [0.29, 0.717) is 5.75 Å². The molecule has 3 rings (SSSR count). The minimum absolute atomic E-state index is 0.0407. The average molecular weight is 309 g/mol. The maximum Gasteiger partial charge on any atom is 0.258 e. The molecule has 0 aliphatic carbocycles. The molecule has 3 aromatic rings. The Morgan fingerprint density at radius 2 is 2.21 bits per heavy atom. The lowest BCUT2D eigenvalue weighted by atomic mass is 10.4. The van der Waals surface area contributed by atoms with Gasteiger partial charge in [-0.2, -0.15) is 0 Å². The summed E-state index contributed by atoms with van der Waals surface area (Å²) in [5, 5.41) is 2.58. The van der Waals surface area contributed by atoms with Crippen LogP contribution in [0.2, 0.25) is 5.02 Å². The second-order valence-electron chi connectivity index (χ2n) is 3.86. The van der Waals surface area contributed by atoms with Gasteiger partial charge in [-0.15, -0.1) is 23.1 Å². The Morgan fingerprint density at radius 3 is 3.05 bits per heavy atom. The Labute approximate surface area is 122 Å². The quantitative estimate of drug-likeness (QED) is 0.692. The van der Waals surface area contributed by atoms with Crippen LogP contribution in [0.15, 0.2) is 51.6 Å². The van der Waals surface area contributed by atoms with E-state index in [9.17, 15) is 4.79 Å². The number of hydrogen-bond donors (Lipinski definition) is 0. The van der Waals surface area contributed by atoms with Gasteiger partial charge in [-0.3, -0.25) is 9.20 Å². The molecule has 1 aromatic carbocycles. The molecule has 0 amide bonds. The van der Waals surface area contributed by atoms with Crippen LogP contribution in [0.5, 0.6) is 0 Å². The van der Waals surface area contributed by atoms with Gasteiger partial charge in [-0.1, -0.05) is 23.7 Å². The van der Waals surface area contributed by atoms with E-state index >= 15 is 0 Å². The smallest absolute Gasteiger partial charge is 0.258 e. The van der Waals surface area contributed by atoms with E-state index in [2.05, 4.69) is 4.98 Å². The van der Waals surface area contributed by atoms with Gasteiger partial charge in [0.15, 0.2) is 4.96 Å². The van der Waals surface area contributed by atoms with Crippen molar-refractivity contribution in [3.63, 3.8) is 0 Å². The van der Waals surface area contributed by atoms with Gasteiger partial charge < -0.3 is 0 Å². The third-order valence-electron chi connectivity index (χ3n) is 2.57. The van der Waals surface area contributed by atoms with Crippen LogP contribution >= 0.6 is 34.7 Å². The van der Waals surface area contributed by atoms with Crippen molar-refractivity contribution in [3.8, 4) is 0 Å². The number of hydrogen-bond acceptors (Lipinski definition) is 4. The number of rotatable bonds is 3. The summed E-state index contributed by atoms with van der Waals surface area (Å²) < 4.78 is 1.55. The van der Waals surface area contributed by atoms with E-state index in [-0.39, 0.29) is 5.56 Å². The van der Waals surface area contributed by atoms with Crippen molar-refractivity contribution in [1.82, 2.24) is 9.38 Å². The molecule has 0 unspecified atom stereocenters. The summed E-state index contributed by atoms with van der Waals surface area (Å²) in [6.07, 6.45) is 1.74. The first kappa shape index (κ1) is 12.7. The topological polar surface area (TPSA) is 34.4 Å². The predicted molar refractivity (Wildman–Crippen MR) is 80.4 cm³/mol. The molecule has 0 saturated carbocycles. The van der Waals surface area contributed by atoms with Gasteiger partial charge in [0, 0.05) is 28.3 Å². The normalized spacial score (nSPS) is 11.0. The molecule has 0 fully saturated rings. The summed E-state index contributed by atoms with van der Waals surface area (Å²) in [5.41, 5.74) is 0.735. The predicted octanol–water partition coefficient (Wildman–Crippen LogP) is 3.70. The number of fused-ring (bicyclic) bond motifs is 1. The average Bonchev–Trinajstić information content (AvgIpc) is 2.87. The highest BCUT2D eigenvalue weighted by molar-refractivity contribution is 7.98. The van der Waals surface area contributed by atoms with Crippen molar-refractivity contribution >= 4 is 39.7 Å². The molecule has 0 aliphatic rings. The molecule has 19 heavy (non-hydrogen) atoms. The molecule has 0 bridgehead atoms. The summed E-state index contributed by atoms with van der Waals surface area (Å²) in [6, 6.07) is 9.23. The van der Waals surface area contributed by atoms with Crippen LogP contribution in [-0.4, -0.2) is 9.38 Å². The summed E-state index contributed by atoms with van der Waals surface area (Å²) in [4.78, 5) is 18.0. The molecule has 0 radical (unpaired) electrons. The molecule has 6 heteroatoms. The van der Waals surface area contributed by atoms with E-state index in [1.807, 2.05) is 29.6 Å². The second-order valence-corrected chi connectivity index (χ2v) is 6.16. The van der Waals surface area contributed by atoms with Crippen LogP contribution in [0.25, 0.3) is 4.96 Å². The molecular formula is C13H9ClN2OS2. The monoisotopic (exact) mass is 308 g/mol. The van der Waals surface area contributed by atoms with E-state index in [1.165, 1.54) is 11.3 Å². The number of thiazole rings is 1. The highest BCUT2D eigenvalue weighted by Crippen LogP contribution is 2.28. The molecule has 2 aromatic heterocycles. The van der Waals surface area contributed by atoms with E-state index in [1.54, 1.807) is 28.4 Å². The second kappa shape index (κ2) is 5.36. The number of halogens is 1. The first-order chi connectivity index (χ1) is 9.24. The maximum absolute atomic E-state index is 11.8. The molecule has 2 heterocycles. The Hall–Kier alpha value is -1.30. The minimum atomic E-state index is -0.0407. The van der Waals surface area contributed by atoms with Gasteiger partial charge in [0.05, 0.1) is 10.7 Å². The lowest BCUT2D eigenvalue weighted by Gasteiger charge is -2.03. The Kier molecular flexibility index (Phi) is 3.59. The zero-order chi connectivity index (χ0) is 13.2. The molecular weight excluding hydrogens is 300 g/mol. The van der Waals surface area contributed by atoms with E-state index in [0.717, 1.165) is 20.6 Å². The zero-order valence-corrected chi connectivity index (χ0v) is 12.1. The summed E-state index contributed by atoms with van der Waals surface area (Å²) in [5.74, 6) is 0.632. The molecule has 0 saturated heterocycles. The first-order valence-corrected chi connectivity index (χ1v) is 7.81. The minimum Gasteiger partial charge on any atom is -0.269 e. The zero-order valence-electron chi connectivity index (χ0n) is 9.75. The van der Waals surface area contributed by atoms with Crippen LogP contribution in [-0.2, 0) is 5.75 Å². The van der Waals surface area contributed by atoms with Crippen molar-refractivity contribution in [2.75, 3.05) is 0 Å². The molecule has 0 atom stereocenters. The van der Waals surface area contributed by atoms with Gasteiger partial charge in [0.1, 0.15) is 0 Å². The van der Waals surface area contributed by atoms with Crippen molar-refractivity contribution in [3.05, 3.63) is 63.0 Å². The van der Waals surface area contributed by atoms with Crippen molar-refractivity contribution in [2.24, 2.45) is 0 Å². The Balaban J connectivity index is 1.86. The molecule has 0 N–H and O–H groups in total. The van der Waals surface area contributed by atoms with Crippen LogP contribution in [0.3, 0.4) is 0 Å². The highest BCUT2D eigenvalue weighted by atomic mass is 35.5. The fourth-order valence-electron chi connectivity index (χ4n) is 1.68. The number of nitrogens with zero attached hydrogens (tertiary/aromatic N) is 2. The molecule has 96 valence electrons. The van der Waals surface area contributed by atoms with Crippen LogP contribution in [0.1, 0.15) is 5.69 Å². The van der Waals surface area contributed by atoms with Crippen molar-refractivity contribution in [1.29, 1.82) is 0 Å². The lowest BCUT2D eigenvalue weighted by Crippen LogP contribution is -2.12. The SMILES string of the molecule is O=c1cc(CSc2ccccc2Cl)nc2sccn12. The molecule has 3 nitrogen and oxygen atoms in total.